The minimum absolute atomic E-state index is 0.0134. The van der Waals surface area contributed by atoms with Crippen LogP contribution in [0.3, 0.4) is 0 Å². The average Bonchev–Trinajstić information content (AvgIpc) is 3.30. The van der Waals surface area contributed by atoms with E-state index in [4.69, 9.17) is 9.84 Å². The van der Waals surface area contributed by atoms with Crippen molar-refractivity contribution in [2.75, 3.05) is 26.0 Å². The predicted octanol–water partition coefficient (Wildman–Crippen LogP) is 2.89. The Morgan fingerprint density at radius 3 is 2.50 bits per heavy atom. The highest BCUT2D eigenvalue weighted by Gasteiger charge is 2.59. The molecule has 1 unspecified atom stereocenters. The minimum Gasteiger partial charge on any atom is -0.497 e. The number of carboxylic acid groups (broad SMARTS) is 1. The van der Waals surface area contributed by atoms with Gasteiger partial charge >= 0.3 is 5.97 Å². The molecule has 1 aromatic carbocycles. The van der Waals surface area contributed by atoms with E-state index in [1.807, 2.05) is 29.2 Å². The van der Waals surface area contributed by atoms with E-state index in [0.29, 0.717) is 19.5 Å². The summed E-state index contributed by atoms with van der Waals surface area (Å²) in [6.07, 6.45) is 2.98. The number of carbonyl (C=O) groups is 2. The van der Waals surface area contributed by atoms with Crippen molar-refractivity contribution >= 4 is 23.6 Å². The molecular formula is C18H23NO4S. The Morgan fingerprint density at radius 1 is 1.29 bits per heavy atom. The van der Waals surface area contributed by atoms with Gasteiger partial charge in [0, 0.05) is 30.2 Å². The SMILES string of the molecule is COc1ccc(SCCC(=O)N2CCC3(CC2)CC3C(=O)O)cc1. The van der Waals surface area contributed by atoms with E-state index >= 15 is 0 Å². The van der Waals surface area contributed by atoms with Crippen LogP contribution in [-0.4, -0.2) is 47.8 Å². The van der Waals surface area contributed by atoms with Gasteiger partial charge in [-0.1, -0.05) is 0 Å². The molecule has 1 aromatic rings. The summed E-state index contributed by atoms with van der Waals surface area (Å²) in [5, 5.41) is 9.11. The summed E-state index contributed by atoms with van der Waals surface area (Å²) in [6, 6.07) is 7.83. The van der Waals surface area contributed by atoms with Gasteiger partial charge in [0.25, 0.3) is 0 Å². The van der Waals surface area contributed by atoms with Crippen molar-refractivity contribution in [1.29, 1.82) is 0 Å². The number of ether oxygens (including phenoxy) is 1. The fourth-order valence-corrected chi connectivity index (χ4v) is 4.38. The third kappa shape index (κ3) is 3.69. The van der Waals surface area contributed by atoms with Crippen LogP contribution in [0.4, 0.5) is 0 Å². The van der Waals surface area contributed by atoms with Gasteiger partial charge < -0.3 is 14.7 Å². The number of rotatable bonds is 6. The Hall–Kier alpha value is -1.69. The van der Waals surface area contributed by atoms with E-state index in [2.05, 4.69) is 0 Å². The van der Waals surface area contributed by atoms with Gasteiger partial charge in [-0.25, -0.2) is 0 Å². The number of nitrogens with zero attached hydrogens (tertiary/aromatic N) is 1. The molecule has 5 nitrogen and oxygen atoms in total. The van der Waals surface area contributed by atoms with Crippen LogP contribution >= 0.6 is 11.8 Å². The molecule has 3 rings (SSSR count). The summed E-state index contributed by atoms with van der Waals surface area (Å²) in [4.78, 5) is 26.4. The average molecular weight is 349 g/mol. The lowest BCUT2D eigenvalue weighted by Gasteiger charge is -2.32. The van der Waals surface area contributed by atoms with Gasteiger partial charge in [0.05, 0.1) is 13.0 Å². The number of benzene rings is 1. The molecule has 1 saturated heterocycles. The highest BCUT2D eigenvalue weighted by Crippen LogP contribution is 2.59. The first kappa shape index (κ1) is 17.1. The highest BCUT2D eigenvalue weighted by molar-refractivity contribution is 7.99. The van der Waals surface area contributed by atoms with Gasteiger partial charge in [-0.15, -0.1) is 11.8 Å². The number of methoxy groups -OCH3 is 1. The summed E-state index contributed by atoms with van der Waals surface area (Å²) < 4.78 is 5.13. The molecule has 0 radical (unpaired) electrons. The van der Waals surface area contributed by atoms with Crippen LogP contribution in [0.5, 0.6) is 5.75 Å². The van der Waals surface area contributed by atoms with E-state index < -0.39 is 5.97 Å². The number of carboxylic acids is 1. The number of hydrogen-bond acceptors (Lipinski definition) is 4. The lowest BCUT2D eigenvalue weighted by Crippen LogP contribution is -2.40. The molecule has 0 bridgehead atoms. The molecule has 1 aliphatic heterocycles. The van der Waals surface area contributed by atoms with Gasteiger partial charge in [0.15, 0.2) is 0 Å². The molecule has 6 heteroatoms. The van der Waals surface area contributed by atoms with Crippen molar-refractivity contribution in [3.8, 4) is 5.75 Å². The van der Waals surface area contributed by atoms with Crippen LogP contribution in [-0.2, 0) is 9.59 Å². The Balaban J connectivity index is 1.39. The third-order valence-electron chi connectivity index (χ3n) is 5.24. The smallest absolute Gasteiger partial charge is 0.307 e. The van der Waals surface area contributed by atoms with Crippen LogP contribution in [0.2, 0.25) is 0 Å². The molecule has 1 N–H and O–H groups in total. The number of likely N-dealkylation sites (tertiary alicyclic amines) is 1. The predicted molar refractivity (Wildman–Crippen MR) is 92.3 cm³/mol. The van der Waals surface area contributed by atoms with Gasteiger partial charge in [-0.05, 0) is 48.9 Å². The normalized spacial score (nSPS) is 21.5. The zero-order chi connectivity index (χ0) is 17.2. The van der Waals surface area contributed by atoms with Gasteiger partial charge in [-0.3, -0.25) is 9.59 Å². The van der Waals surface area contributed by atoms with Crippen molar-refractivity contribution in [2.24, 2.45) is 11.3 Å². The maximum Gasteiger partial charge on any atom is 0.307 e. The molecule has 1 heterocycles. The molecule has 1 atom stereocenters. The first-order valence-corrected chi connectivity index (χ1v) is 9.30. The molecule has 1 spiro atoms. The quantitative estimate of drug-likeness (QED) is 0.800. The van der Waals surface area contributed by atoms with E-state index in [-0.39, 0.29) is 17.2 Å². The number of amides is 1. The molecule has 1 saturated carbocycles. The van der Waals surface area contributed by atoms with Crippen molar-refractivity contribution in [2.45, 2.75) is 30.6 Å². The molecule has 24 heavy (non-hydrogen) atoms. The number of piperidine rings is 1. The Morgan fingerprint density at radius 2 is 1.96 bits per heavy atom. The molecule has 2 aliphatic rings. The van der Waals surface area contributed by atoms with Gasteiger partial charge in [0.1, 0.15) is 5.75 Å². The molecule has 130 valence electrons. The monoisotopic (exact) mass is 349 g/mol. The first-order chi connectivity index (χ1) is 11.5. The zero-order valence-corrected chi connectivity index (χ0v) is 14.7. The largest absolute Gasteiger partial charge is 0.497 e. The molecule has 2 fully saturated rings. The molecule has 1 aliphatic carbocycles. The molecular weight excluding hydrogens is 326 g/mol. The van der Waals surface area contributed by atoms with E-state index in [1.165, 1.54) is 0 Å². The summed E-state index contributed by atoms with van der Waals surface area (Å²) in [7, 11) is 1.64. The van der Waals surface area contributed by atoms with Crippen molar-refractivity contribution in [1.82, 2.24) is 4.90 Å². The Labute approximate surface area is 146 Å². The van der Waals surface area contributed by atoms with Crippen LogP contribution in [0.1, 0.15) is 25.7 Å². The van der Waals surface area contributed by atoms with E-state index in [0.717, 1.165) is 35.7 Å². The lowest BCUT2D eigenvalue weighted by molar-refractivity contribution is -0.139. The van der Waals surface area contributed by atoms with Crippen LogP contribution < -0.4 is 4.74 Å². The second-order valence-electron chi connectivity index (χ2n) is 6.61. The fraction of sp³-hybridized carbons (Fsp3) is 0.556. The number of carbonyl (C=O) groups excluding carboxylic acids is 1. The topological polar surface area (TPSA) is 66.8 Å². The van der Waals surface area contributed by atoms with Gasteiger partial charge in [0.2, 0.25) is 5.91 Å². The second-order valence-corrected chi connectivity index (χ2v) is 7.78. The van der Waals surface area contributed by atoms with Crippen LogP contribution in [0.15, 0.2) is 29.2 Å². The van der Waals surface area contributed by atoms with Crippen molar-refractivity contribution in [3.05, 3.63) is 24.3 Å². The summed E-state index contributed by atoms with van der Waals surface area (Å²) in [6.45, 7) is 1.41. The number of hydrogen-bond donors (Lipinski definition) is 1. The van der Waals surface area contributed by atoms with E-state index in [1.54, 1.807) is 18.9 Å². The van der Waals surface area contributed by atoms with Gasteiger partial charge in [-0.2, -0.15) is 0 Å². The van der Waals surface area contributed by atoms with Crippen molar-refractivity contribution in [3.63, 3.8) is 0 Å². The van der Waals surface area contributed by atoms with Crippen LogP contribution in [0, 0.1) is 11.3 Å². The molecule has 1 amide bonds. The zero-order valence-electron chi connectivity index (χ0n) is 13.9. The maximum atomic E-state index is 12.3. The third-order valence-corrected chi connectivity index (χ3v) is 6.26. The summed E-state index contributed by atoms with van der Waals surface area (Å²) in [5.41, 5.74) is -0.0134. The maximum absolute atomic E-state index is 12.3. The Kier molecular flexibility index (Phi) is 5.04. The highest BCUT2D eigenvalue weighted by atomic mass is 32.2. The fourth-order valence-electron chi connectivity index (χ4n) is 3.54. The number of aliphatic carboxylic acids is 1. The summed E-state index contributed by atoms with van der Waals surface area (Å²) >= 11 is 1.67. The van der Waals surface area contributed by atoms with Crippen molar-refractivity contribution < 1.29 is 19.4 Å². The van der Waals surface area contributed by atoms with E-state index in [9.17, 15) is 9.59 Å². The Bertz CT molecular complexity index is 608. The second kappa shape index (κ2) is 7.05. The first-order valence-electron chi connectivity index (χ1n) is 8.31. The minimum atomic E-state index is -0.675. The standard InChI is InChI=1S/C18H23NO4S/c1-23-13-2-4-14(5-3-13)24-11-6-16(20)19-9-7-18(8-10-19)12-15(18)17(21)22/h2-5,15H,6-12H2,1H3,(H,21,22). The summed E-state index contributed by atoms with van der Waals surface area (Å²) in [5.74, 6) is 0.909. The molecule has 0 aromatic heterocycles. The van der Waals surface area contributed by atoms with Crippen LogP contribution in [0.25, 0.3) is 0 Å². The number of thioether (sulfide) groups is 1. The lowest BCUT2D eigenvalue weighted by atomic mass is 9.90.